The fraction of sp³-hybridized carbons (Fsp3) is 0.364. The lowest BCUT2D eigenvalue weighted by Crippen LogP contribution is -2.39. The molecule has 5 rings (SSSR count). The van der Waals surface area contributed by atoms with Crippen molar-refractivity contribution < 1.29 is 9.18 Å². The summed E-state index contributed by atoms with van der Waals surface area (Å²) in [6, 6.07) is 11.7. The molecule has 0 aliphatic carbocycles. The molecule has 2 fully saturated rings. The zero-order valence-electron chi connectivity index (χ0n) is 15.9. The molecule has 6 heteroatoms. The number of imidazole rings is 1. The molecule has 3 aromatic rings. The van der Waals surface area contributed by atoms with Crippen LogP contribution in [-0.4, -0.2) is 57.3 Å². The van der Waals surface area contributed by atoms with Crippen LogP contribution in [0.4, 0.5) is 4.39 Å². The summed E-state index contributed by atoms with van der Waals surface area (Å²) < 4.78 is 15.3. The lowest BCUT2D eigenvalue weighted by Gasteiger charge is -2.26. The molecule has 1 amide bonds. The van der Waals surface area contributed by atoms with Gasteiger partial charge >= 0.3 is 0 Å². The summed E-state index contributed by atoms with van der Waals surface area (Å²) in [5, 5.41) is 0. The van der Waals surface area contributed by atoms with Crippen LogP contribution in [0.2, 0.25) is 0 Å². The van der Waals surface area contributed by atoms with Gasteiger partial charge in [-0.2, -0.15) is 0 Å². The Morgan fingerprint density at radius 1 is 1.07 bits per heavy atom. The number of amides is 1. The van der Waals surface area contributed by atoms with E-state index in [0.717, 1.165) is 30.8 Å². The van der Waals surface area contributed by atoms with Crippen molar-refractivity contribution in [1.29, 1.82) is 0 Å². The van der Waals surface area contributed by atoms with Crippen molar-refractivity contribution in [2.45, 2.75) is 31.3 Å². The molecule has 2 atom stereocenters. The molecule has 1 aromatic carbocycles. The number of aromatic nitrogens is 2. The Morgan fingerprint density at radius 2 is 1.86 bits per heavy atom. The molecule has 4 heterocycles. The van der Waals surface area contributed by atoms with Crippen molar-refractivity contribution in [3.05, 3.63) is 60.2 Å². The van der Waals surface area contributed by atoms with Gasteiger partial charge in [-0.25, -0.2) is 9.37 Å². The van der Waals surface area contributed by atoms with E-state index in [1.165, 1.54) is 25.1 Å². The summed E-state index contributed by atoms with van der Waals surface area (Å²) in [5.41, 5.74) is 3.11. The third kappa shape index (κ3) is 2.88. The van der Waals surface area contributed by atoms with Gasteiger partial charge in [0.25, 0.3) is 5.91 Å². The number of hydrogen-bond donors (Lipinski definition) is 0. The van der Waals surface area contributed by atoms with Crippen molar-refractivity contribution in [2.75, 3.05) is 20.1 Å². The highest BCUT2D eigenvalue weighted by Gasteiger charge is 2.36. The van der Waals surface area contributed by atoms with E-state index in [4.69, 9.17) is 0 Å². The molecule has 144 valence electrons. The molecular formula is C22H23FN4O. The monoisotopic (exact) mass is 378 g/mol. The van der Waals surface area contributed by atoms with Crippen molar-refractivity contribution >= 4 is 11.6 Å². The van der Waals surface area contributed by atoms with Crippen molar-refractivity contribution in [2.24, 2.45) is 0 Å². The highest BCUT2D eigenvalue weighted by molar-refractivity contribution is 5.94. The van der Waals surface area contributed by atoms with E-state index in [-0.39, 0.29) is 11.7 Å². The number of benzene rings is 1. The Balaban J connectivity index is 1.39. The number of pyridine rings is 1. The molecular weight excluding hydrogens is 355 g/mol. The minimum atomic E-state index is -0.307. The second-order valence-corrected chi connectivity index (χ2v) is 7.89. The SMILES string of the molecule is CN1[C@H]2CC[C@@H]1CN(C(=O)c1ccc(-c3cnc4ccc(F)cn34)cc1)CC2. The average Bonchev–Trinajstić information content (AvgIpc) is 3.21. The number of nitrogens with zero attached hydrogens (tertiary/aromatic N) is 4. The minimum absolute atomic E-state index is 0.0942. The molecule has 0 spiro atoms. The molecule has 2 aliphatic heterocycles. The van der Waals surface area contributed by atoms with Crippen LogP contribution in [0.5, 0.6) is 0 Å². The number of likely N-dealkylation sites (tertiary alicyclic amines) is 1. The van der Waals surface area contributed by atoms with Gasteiger partial charge in [-0.05, 0) is 50.6 Å². The number of halogens is 1. The molecule has 2 bridgehead atoms. The third-order valence-corrected chi connectivity index (χ3v) is 6.33. The molecule has 5 nitrogen and oxygen atoms in total. The van der Waals surface area contributed by atoms with Gasteiger partial charge in [-0.15, -0.1) is 0 Å². The molecule has 0 radical (unpaired) electrons. The first-order valence-electron chi connectivity index (χ1n) is 9.84. The summed E-state index contributed by atoms with van der Waals surface area (Å²) in [6.45, 7) is 1.62. The van der Waals surface area contributed by atoms with Crippen molar-refractivity contribution in [1.82, 2.24) is 19.2 Å². The maximum atomic E-state index is 13.6. The maximum Gasteiger partial charge on any atom is 0.253 e. The lowest BCUT2D eigenvalue weighted by atomic mass is 10.1. The number of carbonyl (C=O) groups excluding carboxylic acids is 1. The standard InChI is InChI=1S/C22H23FN4O/c1-25-18-7-8-19(25)14-26(11-10-18)22(28)16-4-2-15(3-5-16)20-12-24-21-9-6-17(23)13-27(20)21/h2-6,9,12-13,18-19H,7-8,10-11,14H2,1H3/t18-,19+/m0/s1. The summed E-state index contributed by atoms with van der Waals surface area (Å²) in [7, 11) is 2.18. The van der Waals surface area contributed by atoms with Gasteiger partial charge in [-0.1, -0.05) is 12.1 Å². The quantitative estimate of drug-likeness (QED) is 0.686. The predicted octanol–water partition coefficient (Wildman–Crippen LogP) is 3.45. The molecule has 0 unspecified atom stereocenters. The number of carbonyl (C=O) groups is 1. The summed E-state index contributed by atoms with van der Waals surface area (Å²) >= 11 is 0. The van der Waals surface area contributed by atoms with E-state index < -0.39 is 0 Å². The highest BCUT2D eigenvalue weighted by atomic mass is 19.1. The zero-order valence-corrected chi connectivity index (χ0v) is 15.9. The first-order chi connectivity index (χ1) is 13.6. The normalized spacial score (nSPS) is 22.6. The molecule has 0 N–H and O–H groups in total. The van der Waals surface area contributed by atoms with Crippen LogP contribution in [0.15, 0.2) is 48.8 Å². The van der Waals surface area contributed by atoms with Crippen LogP contribution < -0.4 is 0 Å². The van der Waals surface area contributed by atoms with Crippen molar-refractivity contribution in [3.8, 4) is 11.3 Å². The van der Waals surface area contributed by atoms with Crippen LogP contribution in [0.3, 0.4) is 0 Å². The number of hydrogen-bond acceptors (Lipinski definition) is 3. The minimum Gasteiger partial charge on any atom is -0.337 e. The molecule has 2 saturated heterocycles. The average molecular weight is 378 g/mol. The Labute approximate surface area is 163 Å². The Morgan fingerprint density at radius 3 is 2.68 bits per heavy atom. The molecule has 2 aromatic heterocycles. The zero-order chi connectivity index (χ0) is 19.3. The van der Waals surface area contributed by atoms with E-state index in [2.05, 4.69) is 16.9 Å². The second kappa shape index (κ2) is 6.71. The largest absolute Gasteiger partial charge is 0.337 e. The summed E-state index contributed by atoms with van der Waals surface area (Å²) in [5.74, 6) is -0.212. The van der Waals surface area contributed by atoms with E-state index in [0.29, 0.717) is 23.3 Å². The van der Waals surface area contributed by atoms with Gasteiger partial charge in [0, 0.05) is 42.5 Å². The fourth-order valence-electron chi connectivity index (χ4n) is 4.63. The van der Waals surface area contributed by atoms with Gasteiger partial charge in [0.1, 0.15) is 11.5 Å². The van der Waals surface area contributed by atoms with E-state index in [9.17, 15) is 9.18 Å². The van der Waals surface area contributed by atoms with Crippen LogP contribution in [-0.2, 0) is 0 Å². The number of rotatable bonds is 2. The smallest absolute Gasteiger partial charge is 0.253 e. The Bertz CT molecular complexity index is 1030. The number of likely N-dealkylation sites (N-methyl/N-ethyl adjacent to an activating group) is 1. The van der Waals surface area contributed by atoms with Crippen LogP contribution >= 0.6 is 0 Å². The predicted molar refractivity (Wildman–Crippen MR) is 106 cm³/mol. The van der Waals surface area contributed by atoms with Gasteiger partial charge in [0.2, 0.25) is 0 Å². The first kappa shape index (κ1) is 17.4. The lowest BCUT2D eigenvalue weighted by molar-refractivity contribution is 0.0740. The van der Waals surface area contributed by atoms with Crippen LogP contribution in [0.1, 0.15) is 29.6 Å². The molecule has 0 saturated carbocycles. The first-order valence-corrected chi connectivity index (χ1v) is 9.84. The van der Waals surface area contributed by atoms with E-state index in [1.54, 1.807) is 16.7 Å². The summed E-state index contributed by atoms with van der Waals surface area (Å²) in [4.78, 5) is 21.8. The molecule has 28 heavy (non-hydrogen) atoms. The summed E-state index contributed by atoms with van der Waals surface area (Å²) in [6.07, 6.45) is 6.63. The van der Waals surface area contributed by atoms with Gasteiger partial charge < -0.3 is 4.90 Å². The fourth-order valence-corrected chi connectivity index (χ4v) is 4.63. The Kier molecular flexibility index (Phi) is 4.16. The van der Waals surface area contributed by atoms with Gasteiger partial charge in [0.15, 0.2) is 0 Å². The Hall–Kier alpha value is -2.73. The highest BCUT2D eigenvalue weighted by Crippen LogP contribution is 2.29. The van der Waals surface area contributed by atoms with E-state index >= 15 is 0 Å². The third-order valence-electron chi connectivity index (χ3n) is 6.33. The van der Waals surface area contributed by atoms with Crippen LogP contribution in [0.25, 0.3) is 16.9 Å². The van der Waals surface area contributed by atoms with Crippen molar-refractivity contribution in [3.63, 3.8) is 0 Å². The topological polar surface area (TPSA) is 40.8 Å². The second-order valence-electron chi connectivity index (χ2n) is 7.89. The van der Waals surface area contributed by atoms with Gasteiger partial charge in [-0.3, -0.25) is 14.1 Å². The van der Waals surface area contributed by atoms with Gasteiger partial charge in [0.05, 0.1) is 11.9 Å². The number of fused-ring (bicyclic) bond motifs is 3. The van der Waals surface area contributed by atoms with Crippen LogP contribution in [0, 0.1) is 5.82 Å². The van der Waals surface area contributed by atoms with E-state index in [1.807, 2.05) is 29.2 Å². The maximum absolute atomic E-state index is 13.6. The molecule has 2 aliphatic rings.